The summed E-state index contributed by atoms with van der Waals surface area (Å²) >= 11 is 0. The Morgan fingerprint density at radius 1 is 0.800 bits per heavy atom. The van der Waals surface area contributed by atoms with Gasteiger partial charge in [-0.05, 0) is 35.9 Å². The Hall–Kier alpha value is -3.74. The molecule has 0 saturated carbocycles. The van der Waals surface area contributed by atoms with Crippen LogP contribution in [0.2, 0.25) is 0 Å². The molecule has 0 amide bonds. The maximum Gasteiger partial charge on any atom is 0.269 e. The standard InChI is InChI=1S/C18H13N3O4/c22-16-6-2-1-5-15(16)19-20-18-14(4-3-7-17(18)23)12-8-10-13(11-9-12)21(24)25/h1-11,22-23H. The van der Waals surface area contributed by atoms with Gasteiger partial charge in [0.2, 0.25) is 0 Å². The van der Waals surface area contributed by atoms with Crippen molar-refractivity contribution in [2.24, 2.45) is 10.2 Å². The molecular weight excluding hydrogens is 322 g/mol. The van der Waals surface area contributed by atoms with Crippen LogP contribution in [0.5, 0.6) is 11.5 Å². The van der Waals surface area contributed by atoms with Gasteiger partial charge in [0, 0.05) is 17.7 Å². The van der Waals surface area contributed by atoms with Gasteiger partial charge < -0.3 is 10.2 Å². The van der Waals surface area contributed by atoms with Crippen LogP contribution in [-0.4, -0.2) is 15.1 Å². The number of rotatable bonds is 4. The molecule has 0 radical (unpaired) electrons. The molecule has 0 saturated heterocycles. The lowest BCUT2D eigenvalue weighted by atomic mass is 10.0. The molecule has 0 aromatic heterocycles. The van der Waals surface area contributed by atoms with Gasteiger partial charge in [-0.1, -0.05) is 24.3 Å². The summed E-state index contributed by atoms with van der Waals surface area (Å²) in [7, 11) is 0. The van der Waals surface area contributed by atoms with Crippen LogP contribution in [-0.2, 0) is 0 Å². The molecule has 0 aliphatic heterocycles. The van der Waals surface area contributed by atoms with Crippen molar-refractivity contribution in [1.82, 2.24) is 0 Å². The number of para-hydroxylation sites is 1. The van der Waals surface area contributed by atoms with Crippen molar-refractivity contribution in [3.63, 3.8) is 0 Å². The van der Waals surface area contributed by atoms with Crippen LogP contribution in [0.1, 0.15) is 0 Å². The Morgan fingerprint density at radius 3 is 2.16 bits per heavy atom. The van der Waals surface area contributed by atoms with Gasteiger partial charge in [-0.3, -0.25) is 10.1 Å². The number of nitro benzene ring substituents is 1. The monoisotopic (exact) mass is 335 g/mol. The van der Waals surface area contributed by atoms with Gasteiger partial charge in [0.1, 0.15) is 22.9 Å². The predicted octanol–water partition coefficient (Wildman–Crippen LogP) is 5.09. The van der Waals surface area contributed by atoms with Gasteiger partial charge in [0.05, 0.1) is 4.92 Å². The number of nitro groups is 1. The van der Waals surface area contributed by atoms with Crippen LogP contribution in [0.25, 0.3) is 11.1 Å². The van der Waals surface area contributed by atoms with E-state index >= 15 is 0 Å². The minimum absolute atomic E-state index is 0.0266. The fourth-order valence-electron chi connectivity index (χ4n) is 2.28. The molecule has 25 heavy (non-hydrogen) atoms. The van der Waals surface area contributed by atoms with Gasteiger partial charge in [0.25, 0.3) is 5.69 Å². The Morgan fingerprint density at radius 2 is 1.48 bits per heavy atom. The molecule has 0 unspecified atom stereocenters. The quantitative estimate of drug-likeness (QED) is 0.393. The average molecular weight is 335 g/mol. The van der Waals surface area contributed by atoms with Gasteiger partial charge in [-0.15, -0.1) is 10.2 Å². The van der Waals surface area contributed by atoms with Crippen molar-refractivity contribution in [1.29, 1.82) is 0 Å². The number of aromatic hydroxyl groups is 2. The second-order valence-corrected chi connectivity index (χ2v) is 5.17. The minimum atomic E-state index is -0.481. The number of benzene rings is 3. The van der Waals surface area contributed by atoms with E-state index in [0.717, 1.165) is 0 Å². The van der Waals surface area contributed by atoms with Crippen molar-refractivity contribution >= 4 is 17.1 Å². The molecule has 0 bridgehead atoms. The first-order chi connectivity index (χ1) is 12.1. The van der Waals surface area contributed by atoms with E-state index in [4.69, 9.17) is 0 Å². The molecule has 2 N–H and O–H groups in total. The lowest BCUT2D eigenvalue weighted by Crippen LogP contribution is -1.87. The topological polar surface area (TPSA) is 108 Å². The first-order valence-electron chi connectivity index (χ1n) is 7.33. The number of azo groups is 1. The highest BCUT2D eigenvalue weighted by Gasteiger charge is 2.12. The number of phenols is 2. The maximum atomic E-state index is 10.8. The van der Waals surface area contributed by atoms with Crippen molar-refractivity contribution in [2.75, 3.05) is 0 Å². The lowest BCUT2D eigenvalue weighted by Gasteiger charge is -2.07. The number of phenolic OH excluding ortho intramolecular Hbond substituents is 2. The summed E-state index contributed by atoms with van der Waals surface area (Å²) in [5.74, 6) is -0.117. The van der Waals surface area contributed by atoms with E-state index in [2.05, 4.69) is 10.2 Å². The zero-order valence-electron chi connectivity index (χ0n) is 12.9. The molecule has 0 aliphatic rings. The van der Waals surface area contributed by atoms with Crippen LogP contribution in [0.4, 0.5) is 17.1 Å². The molecule has 7 heteroatoms. The van der Waals surface area contributed by atoms with E-state index in [9.17, 15) is 20.3 Å². The van der Waals surface area contributed by atoms with Crippen molar-refractivity contribution in [3.8, 4) is 22.6 Å². The smallest absolute Gasteiger partial charge is 0.269 e. The SMILES string of the molecule is O=[N+]([O-])c1ccc(-c2cccc(O)c2N=Nc2ccccc2O)cc1. The summed E-state index contributed by atoms with van der Waals surface area (Å²) in [6.45, 7) is 0. The second kappa shape index (κ2) is 6.79. The van der Waals surface area contributed by atoms with Gasteiger partial charge in [-0.2, -0.15) is 0 Å². The first kappa shape index (κ1) is 16.1. The normalized spacial score (nSPS) is 10.9. The molecule has 0 heterocycles. The van der Waals surface area contributed by atoms with Crippen LogP contribution >= 0.6 is 0 Å². The van der Waals surface area contributed by atoms with Crippen LogP contribution in [0.15, 0.2) is 77.0 Å². The number of hydrogen-bond donors (Lipinski definition) is 2. The summed E-state index contributed by atoms with van der Waals surface area (Å²) in [6, 6.07) is 17.2. The number of hydrogen-bond acceptors (Lipinski definition) is 6. The molecular formula is C18H13N3O4. The van der Waals surface area contributed by atoms with E-state index < -0.39 is 4.92 Å². The largest absolute Gasteiger partial charge is 0.506 e. The fourth-order valence-corrected chi connectivity index (χ4v) is 2.28. The third-order valence-electron chi connectivity index (χ3n) is 3.54. The van der Waals surface area contributed by atoms with Gasteiger partial charge >= 0.3 is 0 Å². The predicted molar refractivity (Wildman–Crippen MR) is 92.5 cm³/mol. The minimum Gasteiger partial charge on any atom is -0.506 e. The van der Waals surface area contributed by atoms with E-state index in [1.54, 1.807) is 42.5 Å². The van der Waals surface area contributed by atoms with Crippen molar-refractivity contribution in [3.05, 3.63) is 76.8 Å². The Bertz CT molecular complexity index is 953. The third kappa shape index (κ3) is 3.45. The van der Waals surface area contributed by atoms with Crippen LogP contribution < -0.4 is 0 Å². The molecule has 3 aromatic rings. The Kier molecular flexibility index (Phi) is 4.38. The fraction of sp³-hybridized carbons (Fsp3) is 0. The van der Waals surface area contributed by atoms with Crippen LogP contribution in [0.3, 0.4) is 0 Å². The zero-order valence-corrected chi connectivity index (χ0v) is 12.9. The van der Waals surface area contributed by atoms with Gasteiger partial charge in [-0.25, -0.2) is 0 Å². The first-order valence-corrected chi connectivity index (χ1v) is 7.33. The maximum absolute atomic E-state index is 10.8. The molecule has 0 atom stereocenters. The Balaban J connectivity index is 2.03. The summed E-state index contributed by atoms with van der Waals surface area (Å²) in [6.07, 6.45) is 0. The van der Waals surface area contributed by atoms with Gasteiger partial charge in [0.15, 0.2) is 0 Å². The van der Waals surface area contributed by atoms with E-state index in [1.807, 2.05) is 0 Å². The molecule has 7 nitrogen and oxygen atoms in total. The van der Waals surface area contributed by atoms with E-state index in [-0.39, 0.29) is 28.6 Å². The highest BCUT2D eigenvalue weighted by atomic mass is 16.6. The zero-order chi connectivity index (χ0) is 17.8. The summed E-state index contributed by atoms with van der Waals surface area (Å²) in [4.78, 5) is 10.3. The highest BCUT2D eigenvalue weighted by molar-refractivity contribution is 5.80. The number of nitrogens with zero attached hydrogens (tertiary/aromatic N) is 3. The molecule has 124 valence electrons. The molecule has 0 spiro atoms. The Labute approximate surface area is 142 Å². The van der Waals surface area contributed by atoms with E-state index in [0.29, 0.717) is 11.1 Å². The van der Waals surface area contributed by atoms with Crippen molar-refractivity contribution in [2.45, 2.75) is 0 Å². The third-order valence-corrected chi connectivity index (χ3v) is 3.54. The lowest BCUT2D eigenvalue weighted by molar-refractivity contribution is -0.384. The average Bonchev–Trinajstić information content (AvgIpc) is 2.62. The highest BCUT2D eigenvalue weighted by Crippen LogP contribution is 2.39. The van der Waals surface area contributed by atoms with Crippen molar-refractivity contribution < 1.29 is 15.1 Å². The number of non-ortho nitro benzene ring substituents is 1. The molecule has 3 aromatic carbocycles. The summed E-state index contributed by atoms with van der Waals surface area (Å²) in [5, 5.41) is 38.7. The van der Waals surface area contributed by atoms with Crippen LogP contribution in [0, 0.1) is 10.1 Å². The molecule has 0 fully saturated rings. The molecule has 3 rings (SSSR count). The summed E-state index contributed by atoms with van der Waals surface area (Å²) in [5.41, 5.74) is 1.66. The molecule has 0 aliphatic carbocycles. The summed E-state index contributed by atoms with van der Waals surface area (Å²) < 4.78 is 0. The second-order valence-electron chi connectivity index (χ2n) is 5.17. The van der Waals surface area contributed by atoms with E-state index in [1.165, 1.54) is 24.3 Å².